The number of thioether (sulfide) groups is 1. The Morgan fingerprint density at radius 3 is 2.49 bits per heavy atom. The fourth-order valence-electron chi connectivity index (χ4n) is 3.43. The van der Waals surface area contributed by atoms with Gasteiger partial charge in [0.2, 0.25) is 4.71 Å². The lowest BCUT2D eigenvalue weighted by atomic mass is 10.1. The van der Waals surface area contributed by atoms with Crippen LogP contribution in [0.25, 0.3) is 17.0 Å². The van der Waals surface area contributed by atoms with E-state index in [4.69, 9.17) is 4.55 Å². The molecule has 1 atom stereocenters. The number of carbonyl (C=O) groups excluding carboxylic acids is 1. The summed E-state index contributed by atoms with van der Waals surface area (Å²) in [7, 11) is -8.32. The molecular weight excluding hydrogens is 531 g/mol. The second-order valence-electron chi connectivity index (χ2n) is 7.66. The maximum absolute atomic E-state index is 13.6. The quantitative estimate of drug-likeness (QED) is 0.368. The summed E-state index contributed by atoms with van der Waals surface area (Å²) in [5.74, 6) is -0.675. The normalized spacial score (nSPS) is 18.4. The van der Waals surface area contributed by atoms with Gasteiger partial charge in [-0.05, 0) is 41.5 Å². The highest BCUT2D eigenvalue weighted by Gasteiger charge is 2.36. The molecule has 1 unspecified atom stereocenters. The maximum atomic E-state index is 13.6. The summed E-state index contributed by atoms with van der Waals surface area (Å²) in [6, 6.07) is 7.57. The summed E-state index contributed by atoms with van der Waals surface area (Å²) in [6.45, 7) is -0.281. The van der Waals surface area contributed by atoms with E-state index >= 15 is 0 Å². The van der Waals surface area contributed by atoms with Crippen LogP contribution in [0.1, 0.15) is 16.7 Å². The minimum Gasteiger partial charge on any atom is -0.324 e. The lowest BCUT2D eigenvalue weighted by Crippen LogP contribution is -2.31. The highest BCUT2D eigenvalue weighted by Crippen LogP contribution is 2.35. The van der Waals surface area contributed by atoms with Crippen LogP contribution in [-0.4, -0.2) is 48.0 Å². The molecule has 0 saturated carbocycles. The summed E-state index contributed by atoms with van der Waals surface area (Å²) in [4.78, 5) is 11.6. The molecule has 1 aliphatic rings. The van der Waals surface area contributed by atoms with Gasteiger partial charge >= 0.3 is 6.18 Å². The lowest BCUT2D eigenvalue weighted by Gasteiger charge is -2.15. The topological polar surface area (TPSA) is 135 Å². The number of nitrogens with zero attached hydrogens (tertiary/aromatic N) is 2. The molecule has 4 rings (SSSR count). The third-order valence-corrected chi connectivity index (χ3v) is 8.75. The zero-order valence-corrected chi connectivity index (χ0v) is 20.1. The number of amides is 1. The first-order valence-electron chi connectivity index (χ1n) is 9.64. The Kier molecular flexibility index (Phi) is 6.24. The number of halogens is 3. The maximum Gasteiger partial charge on any atom is 0.416 e. The molecule has 15 heteroatoms. The van der Waals surface area contributed by atoms with Gasteiger partial charge in [-0.25, -0.2) is 8.42 Å². The molecule has 0 spiro atoms. The van der Waals surface area contributed by atoms with Gasteiger partial charge in [-0.3, -0.25) is 14.0 Å². The molecule has 2 N–H and O–H groups in total. The first-order chi connectivity index (χ1) is 16.1. The number of alkyl halides is 3. The molecule has 1 amide bonds. The number of hydrogen-bond acceptors (Lipinski definition) is 7. The Labute approximate surface area is 201 Å². The molecule has 2 heterocycles. The van der Waals surface area contributed by atoms with Crippen LogP contribution in [0.2, 0.25) is 0 Å². The van der Waals surface area contributed by atoms with E-state index in [0.717, 1.165) is 18.4 Å². The van der Waals surface area contributed by atoms with Crippen LogP contribution in [0, 0.1) is 0 Å². The number of hydrogen-bond donors (Lipinski definition) is 2. The van der Waals surface area contributed by atoms with Crippen molar-refractivity contribution in [1.82, 2.24) is 15.1 Å². The van der Waals surface area contributed by atoms with Crippen molar-refractivity contribution < 1.29 is 39.4 Å². The Morgan fingerprint density at radius 2 is 1.89 bits per heavy atom. The zero-order valence-electron chi connectivity index (χ0n) is 17.6. The standard InChI is InChI=1S/C20H16F3N3O6S3/c1-34(28,29)14-4-3-12(15(8-14)20(21,22)23)10-26-16-5-2-11(6-13(16)9-24-26)7-17-18(27)25-19(33-17)35(30,31)32/h2-9,19H,10H2,1H3,(H,25,27)(H,30,31,32). The first kappa shape index (κ1) is 25.2. The third kappa shape index (κ3) is 5.37. The fraction of sp³-hybridized carbons (Fsp3) is 0.200. The fourth-order valence-corrected chi connectivity index (χ4v) is 5.90. The molecule has 3 aromatic rings. The molecule has 1 fully saturated rings. The van der Waals surface area contributed by atoms with Crippen molar-refractivity contribution in [3.8, 4) is 0 Å². The lowest BCUT2D eigenvalue weighted by molar-refractivity contribution is -0.138. The van der Waals surface area contributed by atoms with Gasteiger partial charge in [0.25, 0.3) is 16.0 Å². The van der Waals surface area contributed by atoms with Gasteiger partial charge in [0.15, 0.2) is 9.84 Å². The second kappa shape index (κ2) is 8.65. The van der Waals surface area contributed by atoms with Gasteiger partial charge in [-0.15, -0.1) is 0 Å². The van der Waals surface area contributed by atoms with Crippen LogP contribution < -0.4 is 5.32 Å². The Bertz CT molecular complexity index is 1590. The van der Waals surface area contributed by atoms with Gasteiger partial charge in [0.1, 0.15) is 0 Å². The van der Waals surface area contributed by atoms with E-state index in [1.165, 1.54) is 17.0 Å². The van der Waals surface area contributed by atoms with E-state index in [1.54, 1.807) is 18.2 Å². The van der Waals surface area contributed by atoms with Crippen LogP contribution in [0.3, 0.4) is 0 Å². The molecule has 1 aliphatic heterocycles. The van der Waals surface area contributed by atoms with E-state index < -0.39 is 47.2 Å². The molecule has 0 bridgehead atoms. The van der Waals surface area contributed by atoms with Gasteiger partial charge < -0.3 is 5.32 Å². The Balaban J connectivity index is 1.66. The highest BCUT2D eigenvalue weighted by atomic mass is 32.3. The minimum absolute atomic E-state index is 0.0557. The Hall–Kier alpha value is -2.88. The second-order valence-corrected chi connectivity index (χ2v) is 12.6. The molecule has 0 radical (unpaired) electrons. The zero-order chi connectivity index (χ0) is 25.8. The predicted octanol–water partition coefficient (Wildman–Crippen LogP) is 2.88. The number of nitrogens with one attached hydrogen (secondary N) is 1. The number of rotatable bonds is 5. The van der Waals surface area contributed by atoms with Crippen molar-refractivity contribution in [2.75, 3.05) is 6.26 Å². The average Bonchev–Trinajstić information content (AvgIpc) is 3.30. The number of sulfone groups is 1. The van der Waals surface area contributed by atoms with Crippen molar-refractivity contribution in [3.63, 3.8) is 0 Å². The summed E-state index contributed by atoms with van der Waals surface area (Å²) < 4.78 is 95.7. The third-order valence-electron chi connectivity index (χ3n) is 5.08. The summed E-state index contributed by atoms with van der Waals surface area (Å²) in [5, 5.41) is 6.80. The van der Waals surface area contributed by atoms with Crippen LogP contribution in [0.15, 0.2) is 52.4 Å². The molecule has 9 nitrogen and oxygen atoms in total. The van der Waals surface area contributed by atoms with E-state index in [-0.39, 0.29) is 17.0 Å². The van der Waals surface area contributed by atoms with Crippen LogP contribution in [0.5, 0.6) is 0 Å². The SMILES string of the molecule is CS(=O)(=O)c1ccc(Cn2ncc3cc(C=C4SC(S(=O)(=O)O)NC4=O)ccc32)c(C(F)(F)F)c1. The molecule has 186 valence electrons. The predicted molar refractivity (Wildman–Crippen MR) is 122 cm³/mol. The van der Waals surface area contributed by atoms with Crippen molar-refractivity contribution in [2.24, 2.45) is 0 Å². The van der Waals surface area contributed by atoms with Crippen LogP contribution in [-0.2, 0) is 37.5 Å². The summed E-state index contributed by atoms with van der Waals surface area (Å²) in [6.07, 6.45) is -1.13. The minimum atomic E-state index is -4.78. The van der Waals surface area contributed by atoms with E-state index in [2.05, 4.69) is 10.4 Å². The number of carbonyl (C=O) groups is 1. The smallest absolute Gasteiger partial charge is 0.324 e. The molecule has 1 saturated heterocycles. The molecule has 0 aliphatic carbocycles. The van der Waals surface area contributed by atoms with Crippen molar-refractivity contribution in [1.29, 1.82) is 0 Å². The average molecular weight is 548 g/mol. The van der Waals surface area contributed by atoms with Crippen molar-refractivity contribution in [2.45, 2.75) is 22.3 Å². The number of benzene rings is 2. The molecule has 2 aromatic carbocycles. The van der Waals surface area contributed by atoms with E-state index in [9.17, 15) is 34.8 Å². The number of aromatic nitrogens is 2. The molecular formula is C20H16F3N3O6S3. The van der Waals surface area contributed by atoms with Crippen molar-refractivity contribution in [3.05, 3.63) is 64.2 Å². The Morgan fingerprint density at radius 1 is 1.17 bits per heavy atom. The van der Waals surface area contributed by atoms with Gasteiger partial charge in [0, 0.05) is 11.6 Å². The van der Waals surface area contributed by atoms with Gasteiger partial charge in [-0.2, -0.15) is 26.7 Å². The monoisotopic (exact) mass is 547 g/mol. The molecule has 1 aromatic heterocycles. The first-order valence-corrected chi connectivity index (χ1v) is 13.9. The van der Waals surface area contributed by atoms with Crippen LogP contribution >= 0.6 is 11.8 Å². The highest BCUT2D eigenvalue weighted by molar-refractivity contribution is 8.15. The summed E-state index contributed by atoms with van der Waals surface area (Å²) in [5.41, 5.74) is -0.273. The molecule has 35 heavy (non-hydrogen) atoms. The summed E-state index contributed by atoms with van der Waals surface area (Å²) >= 11 is 0.632. The van der Waals surface area contributed by atoms with Crippen LogP contribution in [0.4, 0.5) is 13.2 Å². The number of fused-ring (bicyclic) bond motifs is 1. The van der Waals surface area contributed by atoms with Gasteiger partial charge in [0.05, 0.1) is 33.6 Å². The van der Waals surface area contributed by atoms with E-state index in [1.807, 2.05) is 0 Å². The van der Waals surface area contributed by atoms with Crippen molar-refractivity contribution >= 4 is 54.6 Å². The van der Waals surface area contributed by atoms with E-state index in [0.29, 0.717) is 34.3 Å². The largest absolute Gasteiger partial charge is 0.416 e. The van der Waals surface area contributed by atoms with Gasteiger partial charge in [-0.1, -0.05) is 23.9 Å².